The molecule has 12 rings (SSSR count). The molecule has 7 aromatic carbocycles. The van der Waals surface area contributed by atoms with Crippen LogP contribution in [0.2, 0.25) is 0 Å². The molecule has 3 aliphatic carbocycles. The topological polar surface area (TPSA) is 18.1 Å². The Morgan fingerprint density at radius 3 is 2.04 bits per heavy atom. The van der Waals surface area contributed by atoms with Crippen molar-refractivity contribution in [3.63, 3.8) is 0 Å². The number of hydrogen-bond donors (Lipinski definition) is 0. The number of aromatic nitrogens is 1. The molecule has 0 radical (unpaired) electrons. The van der Waals surface area contributed by atoms with Gasteiger partial charge in [0.05, 0.1) is 11.2 Å². The largest absolute Gasteiger partial charge is 0.460 e. The standard InChI is InChI=1S/C52H35NO/c1-2-10-32(11-3-1)33-12-8-13-34(28-33)35-20-23-38-42-24-26-48(43-17-9-16-41(52(42)43)44(38)29-35)53-47-18-6-4-14-39(47)45-30-36(21-25-49(45)53)37-22-27-51-46(31-37)40-15-5-7-19-50(40)54-51/h1-5,8-17,20-31H,6-7,18-19H2. The molecule has 0 N–H and O–H groups in total. The molecule has 0 saturated heterocycles. The van der Waals surface area contributed by atoms with Gasteiger partial charge in [-0.3, -0.25) is 0 Å². The Balaban J connectivity index is 0.990. The van der Waals surface area contributed by atoms with Crippen molar-refractivity contribution in [2.24, 2.45) is 0 Å². The van der Waals surface area contributed by atoms with E-state index in [0.717, 1.165) is 37.0 Å². The second-order valence-electron chi connectivity index (χ2n) is 15.0. The van der Waals surface area contributed by atoms with Gasteiger partial charge in [0, 0.05) is 39.4 Å². The Morgan fingerprint density at radius 2 is 1.13 bits per heavy atom. The van der Waals surface area contributed by atoms with Gasteiger partial charge in [-0.05, 0) is 123 Å². The van der Waals surface area contributed by atoms with Gasteiger partial charge in [0.1, 0.15) is 11.3 Å². The lowest BCUT2D eigenvalue weighted by Crippen LogP contribution is -2.03. The second kappa shape index (κ2) is 11.4. The molecule has 2 heteroatoms. The average molecular weight is 690 g/mol. The van der Waals surface area contributed by atoms with E-state index in [1.54, 1.807) is 0 Å². The number of hydrogen-bond acceptors (Lipinski definition) is 1. The summed E-state index contributed by atoms with van der Waals surface area (Å²) in [6, 6.07) is 52.0. The molecule has 2 aromatic heterocycles. The third kappa shape index (κ3) is 4.34. The predicted octanol–water partition coefficient (Wildman–Crippen LogP) is 14.1. The van der Waals surface area contributed by atoms with Crippen molar-refractivity contribution in [3.8, 4) is 61.3 Å². The van der Waals surface area contributed by atoms with Crippen LogP contribution in [0.1, 0.15) is 35.4 Å². The first-order valence-electron chi connectivity index (χ1n) is 19.2. The zero-order chi connectivity index (χ0) is 35.3. The van der Waals surface area contributed by atoms with E-state index in [4.69, 9.17) is 4.42 Å². The number of aryl methyl sites for hydroxylation is 1. The maximum atomic E-state index is 6.24. The van der Waals surface area contributed by atoms with E-state index in [1.807, 2.05) is 0 Å². The highest BCUT2D eigenvalue weighted by atomic mass is 16.3. The van der Waals surface area contributed by atoms with Crippen LogP contribution in [0.3, 0.4) is 0 Å². The minimum absolute atomic E-state index is 0.974. The molecule has 2 nitrogen and oxygen atoms in total. The minimum Gasteiger partial charge on any atom is -0.460 e. The third-order valence-electron chi connectivity index (χ3n) is 12.1. The molecule has 0 atom stereocenters. The van der Waals surface area contributed by atoms with E-state index in [-0.39, 0.29) is 0 Å². The number of fused-ring (bicyclic) bond motifs is 9. The average Bonchev–Trinajstić information content (AvgIpc) is 3.89. The van der Waals surface area contributed by atoms with Crippen molar-refractivity contribution in [2.45, 2.75) is 25.7 Å². The molecule has 0 amide bonds. The van der Waals surface area contributed by atoms with Crippen molar-refractivity contribution in [3.05, 3.63) is 174 Å². The lowest BCUT2D eigenvalue weighted by atomic mass is 9.95. The molecular formula is C52H35NO. The molecule has 54 heavy (non-hydrogen) atoms. The summed E-state index contributed by atoms with van der Waals surface area (Å²) in [6.45, 7) is 0. The summed E-state index contributed by atoms with van der Waals surface area (Å²) in [6.07, 6.45) is 13.3. The van der Waals surface area contributed by atoms with Gasteiger partial charge in [-0.15, -0.1) is 0 Å². The zero-order valence-electron chi connectivity index (χ0n) is 29.8. The molecule has 0 unspecified atom stereocenters. The molecule has 3 aliphatic rings. The van der Waals surface area contributed by atoms with Crippen LogP contribution in [0.4, 0.5) is 0 Å². The van der Waals surface area contributed by atoms with Gasteiger partial charge in [-0.25, -0.2) is 0 Å². The Kier molecular flexibility index (Phi) is 6.32. The molecule has 9 aromatic rings. The third-order valence-corrected chi connectivity index (χ3v) is 12.1. The molecule has 0 bridgehead atoms. The van der Waals surface area contributed by atoms with Crippen molar-refractivity contribution in [1.82, 2.24) is 4.57 Å². The maximum Gasteiger partial charge on any atom is 0.134 e. The molecule has 0 spiro atoms. The van der Waals surface area contributed by atoms with Crippen LogP contribution in [0.5, 0.6) is 0 Å². The van der Waals surface area contributed by atoms with Gasteiger partial charge in [0.25, 0.3) is 0 Å². The SMILES string of the molecule is C1=Cc2c(oc3ccc(-c4ccc5c(c4)c4c(n5-c5ccc6c7c(cccc57)-c5cc(-c7cccc(-c8ccccc8)c7)ccc5-6)CCC=C4)cc23)CC1. The summed E-state index contributed by atoms with van der Waals surface area (Å²) in [5.41, 5.74) is 20.2. The Morgan fingerprint density at radius 1 is 0.444 bits per heavy atom. The predicted molar refractivity (Wildman–Crippen MR) is 226 cm³/mol. The van der Waals surface area contributed by atoms with Gasteiger partial charge in [0.15, 0.2) is 0 Å². The van der Waals surface area contributed by atoms with Crippen LogP contribution >= 0.6 is 0 Å². The van der Waals surface area contributed by atoms with Crippen LogP contribution in [0.15, 0.2) is 156 Å². The molecule has 0 fully saturated rings. The number of allylic oxidation sites excluding steroid dienone is 2. The lowest BCUT2D eigenvalue weighted by Gasteiger charge is -2.16. The first-order valence-corrected chi connectivity index (χ1v) is 19.2. The van der Waals surface area contributed by atoms with Gasteiger partial charge < -0.3 is 8.98 Å². The summed E-state index contributed by atoms with van der Waals surface area (Å²) in [5, 5.41) is 5.17. The molecule has 2 heterocycles. The highest BCUT2D eigenvalue weighted by molar-refractivity contribution is 6.18. The summed E-state index contributed by atoms with van der Waals surface area (Å²) in [4.78, 5) is 0. The van der Waals surface area contributed by atoms with Crippen LogP contribution in [0, 0.1) is 0 Å². The quantitative estimate of drug-likeness (QED) is 0.180. The highest BCUT2D eigenvalue weighted by Crippen LogP contribution is 2.50. The fraction of sp³-hybridized carbons (Fsp3) is 0.0769. The van der Waals surface area contributed by atoms with Crippen LogP contribution in [-0.2, 0) is 12.8 Å². The van der Waals surface area contributed by atoms with Crippen molar-refractivity contribution >= 4 is 44.8 Å². The Bertz CT molecular complexity index is 3090. The summed E-state index contributed by atoms with van der Waals surface area (Å²) >= 11 is 0. The van der Waals surface area contributed by atoms with Crippen LogP contribution in [-0.4, -0.2) is 4.57 Å². The zero-order valence-corrected chi connectivity index (χ0v) is 29.8. The highest BCUT2D eigenvalue weighted by Gasteiger charge is 2.26. The van der Waals surface area contributed by atoms with Gasteiger partial charge in [0.2, 0.25) is 0 Å². The normalized spacial score (nSPS) is 13.9. The van der Waals surface area contributed by atoms with E-state index in [0.29, 0.717) is 0 Å². The number of furan rings is 1. The van der Waals surface area contributed by atoms with Crippen LogP contribution < -0.4 is 0 Å². The Labute approximate surface area is 313 Å². The summed E-state index contributed by atoms with van der Waals surface area (Å²) < 4.78 is 8.80. The van der Waals surface area contributed by atoms with E-state index < -0.39 is 0 Å². The van der Waals surface area contributed by atoms with Crippen molar-refractivity contribution in [1.29, 1.82) is 0 Å². The first kappa shape index (κ1) is 29.9. The van der Waals surface area contributed by atoms with Crippen molar-refractivity contribution < 1.29 is 4.42 Å². The fourth-order valence-electron chi connectivity index (χ4n) is 9.53. The maximum absolute atomic E-state index is 6.24. The molecule has 0 saturated carbocycles. The smallest absolute Gasteiger partial charge is 0.134 e. The summed E-state index contributed by atoms with van der Waals surface area (Å²) in [7, 11) is 0. The number of rotatable bonds is 4. The Hall–Kier alpha value is -6.64. The van der Waals surface area contributed by atoms with Crippen LogP contribution in [0.25, 0.3) is 106 Å². The van der Waals surface area contributed by atoms with E-state index in [1.165, 1.54) is 105 Å². The molecule has 0 aliphatic heterocycles. The van der Waals surface area contributed by atoms with E-state index in [9.17, 15) is 0 Å². The lowest BCUT2D eigenvalue weighted by molar-refractivity contribution is 0.546. The summed E-state index contributed by atoms with van der Waals surface area (Å²) in [5.74, 6) is 1.11. The van der Waals surface area contributed by atoms with Crippen molar-refractivity contribution in [2.75, 3.05) is 0 Å². The van der Waals surface area contributed by atoms with Gasteiger partial charge in [-0.1, -0.05) is 121 Å². The minimum atomic E-state index is 0.974. The van der Waals surface area contributed by atoms with Gasteiger partial charge >= 0.3 is 0 Å². The van der Waals surface area contributed by atoms with E-state index in [2.05, 4.69) is 168 Å². The monoisotopic (exact) mass is 689 g/mol. The molecular weight excluding hydrogens is 655 g/mol. The first-order chi connectivity index (χ1) is 26.8. The fourth-order valence-corrected chi connectivity index (χ4v) is 9.53. The van der Waals surface area contributed by atoms with Gasteiger partial charge in [-0.2, -0.15) is 0 Å². The second-order valence-corrected chi connectivity index (χ2v) is 15.0. The van der Waals surface area contributed by atoms with E-state index >= 15 is 0 Å². The number of nitrogens with zero attached hydrogens (tertiary/aromatic N) is 1. The molecule has 254 valence electrons. The number of benzene rings is 7.